The standard InChI is InChI=1S/C19H29N3O3/c1-14(2)22(18(24)25-19(3,4)5)17-10-9-15(12-20-17)16-8-6-7-11-21(16)13-23/h9-10,12-14,16H,6-8,11H2,1-5H3/t16-/m0/s1. The van der Waals surface area contributed by atoms with E-state index in [1.54, 1.807) is 11.1 Å². The number of carbonyl (C=O) groups excluding carboxylic acids is 2. The molecule has 0 saturated carbocycles. The molecular weight excluding hydrogens is 318 g/mol. The molecule has 1 aliphatic rings. The van der Waals surface area contributed by atoms with Crippen molar-refractivity contribution in [3.63, 3.8) is 0 Å². The van der Waals surface area contributed by atoms with Gasteiger partial charge in [-0.05, 0) is 65.5 Å². The smallest absolute Gasteiger partial charge is 0.416 e. The molecule has 0 spiro atoms. The van der Waals surface area contributed by atoms with Gasteiger partial charge in [0.25, 0.3) is 0 Å². The van der Waals surface area contributed by atoms with Crippen molar-refractivity contribution in [3.05, 3.63) is 23.9 Å². The molecule has 138 valence electrons. The van der Waals surface area contributed by atoms with Crippen molar-refractivity contribution in [3.8, 4) is 0 Å². The predicted molar refractivity (Wildman–Crippen MR) is 97.4 cm³/mol. The van der Waals surface area contributed by atoms with Gasteiger partial charge in [0, 0.05) is 18.8 Å². The van der Waals surface area contributed by atoms with Crippen LogP contribution in [0.3, 0.4) is 0 Å². The third kappa shape index (κ3) is 4.94. The van der Waals surface area contributed by atoms with Crippen molar-refractivity contribution in [2.45, 2.75) is 71.6 Å². The SMILES string of the molecule is CC(C)N(C(=O)OC(C)(C)C)c1ccc([C@@H]2CCCCN2C=O)cn1. The molecule has 2 rings (SSSR count). The van der Waals surface area contributed by atoms with Gasteiger partial charge in [-0.3, -0.25) is 9.69 Å². The van der Waals surface area contributed by atoms with Crippen LogP contribution in [0, 0.1) is 0 Å². The number of pyridine rings is 1. The Hall–Kier alpha value is -2.11. The summed E-state index contributed by atoms with van der Waals surface area (Å²) < 4.78 is 5.49. The van der Waals surface area contributed by atoms with Crippen molar-refractivity contribution in [1.29, 1.82) is 0 Å². The highest BCUT2D eigenvalue weighted by Crippen LogP contribution is 2.30. The molecule has 2 heterocycles. The van der Waals surface area contributed by atoms with E-state index in [2.05, 4.69) is 4.98 Å². The third-order valence-corrected chi connectivity index (χ3v) is 4.19. The van der Waals surface area contributed by atoms with Gasteiger partial charge in [0.2, 0.25) is 6.41 Å². The summed E-state index contributed by atoms with van der Waals surface area (Å²) >= 11 is 0. The number of likely N-dealkylation sites (tertiary alicyclic amines) is 1. The van der Waals surface area contributed by atoms with Crippen LogP contribution in [0.5, 0.6) is 0 Å². The summed E-state index contributed by atoms with van der Waals surface area (Å²) in [6.45, 7) is 10.2. The Labute approximate surface area is 150 Å². The minimum atomic E-state index is -0.559. The fourth-order valence-electron chi connectivity index (χ4n) is 3.06. The van der Waals surface area contributed by atoms with E-state index in [1.165, 1.54) is 0 Å². The molecule has 0 aromatic carbocycles. The zero-order chi connectivity index (χ0) is 18.6. The van der Waals surface area contributed by atoms with Crippen molar-refractivity contribution in [1.82, 2.24) is 9.88 Å². The zero-order valence-corrected chi connectivity index (χ0v) is 15.9. The normalized spacial score (nSPS) is 18.2. The molecule has 0 radical (unpaired) electrons. The van der Waals surface area contributed by atoms with Gasteiger partial charge < -0.3 is 9.64 Å². The van der Waals surface area contributed by atoms with Crippen LogP contribution in [0.2, 0.25) is 0 Å². The number of piperidine rings is 1. The second-order valence-corrected chi connectivity index (χ2v) is 7.75. The Kier molecular flexibility index (Phi) is 6.03. The number of rotatable bonds is 4. The average Bonchev–Trinajstić information content (AvgIpc) is 2.53. The maximum absolute atomic E-state index is 12.5. The topological polar surface area (TPSA) is 62.7 Å². The molecule has 6 nitrogen and oxygen atoms in total. The molecule has 6 heteroatoms. The lowest BCUT2D eigenvalue weighted by molar-refractivity contribution is -0.121. The first-order chi connectivity index (χ1) is 11.7. The first kappa shape index (κ1) is 19.2. The van der Waals surface area contributed by atoms with Crippen molar-refractivity contribution in [2.24, 2.45) is 0 Å². The van der Waals surface area contributed by atoms with Gasteiger partial charge >= 0.3 is 6.09 Å². The predicted octanol–water partition coefficient (Wildman–Crippen LogP) is 3.91. The second kappa shape index (κ2) is 7.85. The van der Waals surface area contributed by atoms with Crippen LogP contribution < -0.4 is 4.90 Å². The molecule has 0 bridgehead atoms. The number of anilines is 1. The highest BCUT2D eigenvalue weighted by molar-refractivity contribution is 5.87. The van der Waals surface area contributed by atoms with E-state index in [1.807, 2.05) is 51.7 Å². The van der Waals surface area contributed by atoms with E-state index >= 15 is 0 Å². The minimum absolute atomic E-state index is 0.0711. The fraction of sp³-hybridized carbons (Fsp3) is 0.632. The van der Waals surface area contributed by atoms with Gasteiger partial charge in [0.05, 0.1) is 6.04 Å². The summed E-state index contributed by atoms with van der Waals surface area (Å²) in [6.07, 6.45) is 5.36. The quantitative estimate of drug-likeness (QED) is 0.775. The molecule has 2 amide bonds. The molecule has 1 aromatic rings. The average molecular weight is 347 g/mol. The number of aromatic nitrogens is 1. The molecule has 1 aliphatic heterocycles. The van der Waals surface area contributed by atoms with Crippen LogP contribution in [0.1, 0.15) is 65.5 Å². The van der Waals surface area contributed by atoms with Crippen LogP contribution in [-0.2, 0) is 9.53 Å². The Morgan fingerprint density at radius 3 is 2.60 bits per heavy atom. The van der Waals surface area contributed by atoms with Gasteiger partial charge in [0.15, 0.2) is 0 Å². The Morgan fingerprint density at radius 1 is 1.36 bits per heavy atom. The van der Waals surface area contributed by atoms with Crippen LogP contribution in [0.4, 0.5) is 10.6 Å². The molecule has 1 fully saturated rings. The summed E-state index contributed by atoms with van der Waals surface area (Å²) in [7, 11) is 0. The van der Waals surface area contributed by atoms with Crippen LogP contribution in [0.25, 0.3) is 0 Å². The first-order valence-electron chi connectivity index (χ1n) is 8.92. The van der Waals surface area contributed by atoms with E-state index in [-0.39, 0.29) is 12.1 Å². The number of carbonyl (C=O) groups is 2. The summed E-state index contributed by atoms with van der Waals surface area (Å²) in [5.41, 5.74) is 0.444. The first-order valence-corrected chi connectivity index (χ1v) is 8.92. The number of hydrogen-bond acceptors (Lipinski definition) is 4. The number of nitrogens with zero attached hydrogens (tertiary/aromatic N) is 3. The summed E-state index contributed by atoms with van der Waals surface area (Å²) in [5.74, 6) is 0.557. The largest absolute Gasteiger partial charge is 0.443 e. The summed E-state index contributed by atoms with van der Waals surface area (Å²) in [6, 6.07) is 3.78. The van der Waals surface area contributed by atoms with Gasteiger partial charge in [-0.15, -0.1) is 0 Å². The van der Waals surface area contributed by atoms with Crippen LogP contribution >= 0.6 is 0 Å². The fourth-order valence-corrected chi connectivity index (χ4v) is 3.06. The Balaban J connectivity index is 2.20. The molecule has 1 atom stereocenters. The Morgan fingerprint density at radius 2 is 2.08 bits per heavy atom. The summed E-state index contributed by atoms with van der Waals surface area (Å²) in [5, 5.41) is 0. The van der Waals surface area contributed by atoms with Crippen molar-refractivity contribution < 1.29 is 14.3 Å². The van der Waals surface area contributed by atoms with Gasteiger partial charge in [-0.25, -0.2) is 9.78 Å². The number of hydrogen-bond donors (Lipinski definition) is 0. The molecule has 0 unspecified atom stereocenters. The van der Waals surface area contributed by atoms with E-state index in [4.69, 9.17) is 4.74 Å². The molecule has 1 aromatic heterocycles. The highest BCUT2D eigenvalue weighted by atomic mass is 16.6. The van der Waals surface area contributed by atoms with E-state index in [0.717, 1.165) is 37.8 Å². The summed E-state index contributed by atoms with van der Waals surface area (Å²) in [4.78, 5) is 31.6. The van der Waals surface area contributed by atoms with E-state index in [9.17, 15) is 9.59 Å². The molecule has 0 N–H and O–H groups in total. The van der Waals surface area contributed by atoms with E-state index < -0.39 is 11.7 Å². The maximum Gasteiger partial charge on any atom is 0.416 e. The number of amides is 2. The second-order valence-electron chi connectivity index (χ2n) is 7.75. The third-order valence-electron chi connectivity index (χ3n) is 4.19. The zero-order valence-electron chi connectivity index (χ0n) is 15.9. The highest BCUT2D eigenvalue weighted by Gasteiger charge is 2.27. The van der Waals surface area contributed by atoms with Gasteiger partial charge in [0.1, 0.15) is 11.4 Å². The van der Waals surface area contributed by atoms with E-state index in [0.29, 0.717) is 5.82 Å². The monoisotopic (exact) mass is 347 g/mol. The lowest BCUT2D eigenvalue weighted by Gasteiger charge is -2.33. The lowest BCUT2D eigenvalue weighted by Crippen LogP contribution is -2.41. The molecule has 1 saturated heterocycles. The van der Waals surface area contributed by atoms with Crippen molar-refractivity contribution >= 4 is 18.3 Å². The molecular formula is C19H29N3O3. The van der Waals surface area contributed by atoms with Crippen molar-refractivity contribution in [2.75, 3.05) is 11.4 Å². The van der Waals surface area contributed by atoms with Crippen LogP contribution in [0.15, 0.2) is 18.3 Å². The van der Waals surface area contributed by atoms with Gasteiger partial charge in [-0.2, -0.15) is 0 Å². The lowest BCUT2D eigenvalue weighted by atomic mass is 9.97. The Bertz CT molecular complexity index is 593. The number of ether oxygens (including phenoxy) is 1. The maximum atomic E-state index is 12.5. The van der Waals surface area contributed by atoms with Gasteiger partial charge in [-0.1, -0.05) is 6.07 Å². The molecule has 0 aliphatic carbocycles. The minimum Gasteiger partial charge on any atom is -0.443 e. The van der Waals surface area contributed by atoms with Crippen LogP contribution in [-0.4, -0.2) is 40.6 Å². The molecule has 25 heavy (non-hydrogen) atoms.